The lowest BCUT2D eigenvalue weighted by Crippen LogP contribution is -2.33. The highest BCUT2D eigenvalue weighted by molar-refractivity contribution is 6.30. The molecule has 0 bridgehead atoms. The van der Waals surface area contributed by atoms with Crippen LogP contribution in [0, 0.1) is 5.82 Å². The summed E-state index contributed by atoms with van der Waals surface area (Å²) in [6, 6.07) is 18.3. The Labute approximate surface area is 184 Å². The molecule has 0 fully saturated rings. The van der Waals surface area contributed by atoms with E-state index in [2.05, 4.69) is 0 Å². The van der Waals surface area contributed by atoms with Crippen LogP contribution in [0.15, 0.2) is 65.8 Å². The smallest absolute Gasteiger partial charge is 0.213 e. The predicted molar refractivity (Wildman–Crippen MR) is 117 cm³/mol. The molecule has 2 atom stereocenters. The van der Waals surface area contributed by atoms with Crippen molar-refractivity contribution in [3.8, 4) is 17.2 Å². The van der Waals surface area contributed by atoms with Crippen molar-refractivity contribution in [1.29, 1.82) is 0 Å². The van der Waals surface area contributed by atoms with E-state index in [0.29, 0.717) is 23.5 Å². The third-order valence-corrected chi connectivity index (χ3v) is 5.95. The second-order valence-corrected chi connectivity index (χ2v) is 7.81. The Morgan fingerprint density at radius 3 is 2.61 bits per heavy atom. The van der Waals surface area contributed by atoms with Crippen LogP contribution >= 0.6 is 11.6 Å². The Balaban J connectivity index is 1.58. The predicted octanol–water partition coefficient (Wildman–Crippen LogP) is 5.74. The largest absolute Gasteiger partial charge is 0.493 e. The number of methoxy groups -OCH3 is 2. The van der Waals surface area contributed by atoms with Crippen molar-refractivity contribution >= 4 is 17.3 Å². The standard InChI is InChI=1S/C24H20ClFN2O3/c1-29-22-10-8-14(12-23(22)30-2)19-13-20-16-5-3-4-6-21(16)31-24(28(20)27-19)15-7-9-17(25)18(26)11-15/h3-12,20,24H,13H2,1-2H3. The van der Waals surface area contributed by atoms with Gasteiger partial charge in [0.2, 0.25) is 6.23 Å². The lowest BCUT2D eigenvalue weighted by atomic mass is 9.96. The average molecular weight is 439 g/mol. The monoisotopic (exact) mass is 438 g/mol. The number of halogens is 2. The van der Waals surface area contributed by atoms with Gasteiger partial charge in [0.25, 0.3) is 0 Å². The fourth-order valence-corrected chi connectivity index (χ4v) is 4.23. The van der Waals surface area contributed by atoms with Crippen LogP contribution in [0.5, 0.6) is 17.2 Å². The summed E-state index contributed by atoms with van der Waals surface area (Å²) in [5, 5.41) is 6.87. The van der Waals surface area contributed by atoms with E-state index < -0.39 is 12.0 Å². The number of ether oxygens (including phenoxy) is 3. The van der Waals surface area contributed by atoms with Crippen molar-refractivity contribution in [3.05, 3.63) is 88.2 Å². The number of hydrogen-bond donors (Lipinski definition) is 0. The van der Waals surface area contributed by atoms with Crippen LogP contribution in [-0.2, 0) is 0 Å². The zero-order valence-electron chi connectivity index (χ0n) is 17.0. The Morgan fingerprint density at radius 1 is 1.03 bits per heavy atom. The number of hydrazone groups is 1. The van der Waals surface area contributed by atoms with Crippen LogP contribution in [0.4, 0.5) is 4.39 Å². The van der Waals surface area contributed by atoms with Crippen LogP contribution in [-0.4, -0.2) is 24.9 Å². The number of para-hydroxylation sites is 1. The number of hydrogen-bond acceptors (Lipinski definition) is 5. The zero-order valence-corrected chi connectivity index (χ0v) is 17.8. The topological polar surface area (TPSA) is 43.3 Å². The van der Waals surface area contributed by atoms with Gasteiger partial charge in [0.15, 0.2) is 11.5 Å². The summed E-state index contributed by atoms with van der Waals surface area (Å²) < 4.78 is 31.3. The molecule has 2 unspecified atom stereocenters. The molecule has 0 N–H and O–H groups in total. The van der Waals surface area contributed by atoms with Crippen molar-refractivity contribution in [2.24, 2.45) is 5.10 Å². The minimum Gasteiger partial charge on any atom is -0.493 e. The molecular formula is C24H20ClFN2O3. The summed E-state index contributed by atoms with van der Waals surface area (Å²) in [7, 11) is 3.21. The maximum Gasteiger partial charge on any atom is 0.213 e. The molecule has 0 aliphatic carbocycles. The molecule has 2 aliphatic rings. The van der Waals surface area contributed by atoms with E-state index in [9.17, 15) is 4.39 Å². The summed E-state index contributed by atoms with van der Waals surface area (Å²) in [4.78, 5) is 0. The lowest BCUT2D eigenvalue weighted by molar-refractivity contribution is -0.0192. The molecule has 2 aliphatic heterocycles. The van der Waals surface area contributed by atoms with Gasteiger partial charge >= 0.3 is 0 Å². The average Bonchev–Trinajstić information content (AvgIpc) is 3.25. The first-order chi connectivity index (χ1) is 15.1. The van der Waals surface area contributed by atoms with E-state index in [1.165, 1.54) is 6.07 Å². The maximum absolute atomic E-state index is 14.2. The fourth-order valence-electron chi connectivity index (χ4n) is 4.11. The van der Waals surface area contributed by atoms with Crippen LogP contribution in [0.1, 0.15) is 35.4 Å². The van der Waals surface area contributed by atoms with E-state index in [0.717, 1.165) is 22.6 Å². The SMILES string of the molecule is COc1ccc(C2=NN3C(C2)c2ccccc2OC3c2ccc(Cl)c(F)c2)cc1OC. The van der Waals surface area contributed by atoms with Gasteiger partial charge < -0.3 is 14.2 Å². The summed E-state index contributed by atoms with van der Waals surface area (Å²) in [6.07, 6.45) is 0.118. The molecule has 0 saturated heterocycles. The first-order valence-corrected chi connectivity index (χ1v) is 10.3. The molecule has 0 saturated carbocycles. The van der Waals surface area contributed by atoms with Gasteiger partial charge in [-0.1, -0.05) is 35.9 Å². The Morgan fingerprint density at radius 2 is 1.84 bits per heavy atom. The third-order valence-electron chi connectivity index (χ3n) is 5.64. The Hall–Kier alpha value is -3.25. The first kappa shape index (κ1) is 19.7. The fraction of sp³-hybridized carbons (Fsp3) is 0.208. The molecule has 0 amide bonds. The summed E-state index contributed by atoms with van der Waals surface area (Å²) >= 11 is 5.89. The van der Waals surface area contributed by atoms with Gasteiger partial charge in [0.05, 0.1) is 31.0 Å². The molecule has 0 spiro atoms. The normalized spacial score (nSPS) is 19.2. The highest BCUT2D eigenvalue weighted by Gasteiger charge is 2.41. The van der Waals surface area contributed by atoms with Crippen molar-refractivity contribution in [1.82, 2.24) is 5.01 Å². The van der Waals surface area contributed by atoms with Gasteiger partial charge in [-0.25, -0.2) is 9.40 Å². The molecule has 5 rings (SSSR count). The minimum atomic E-state index is -0.565. The zero-order chi connectivity index (χ0) is 21.5. The molecular weight excluding hydrogens is 419 g/mol. The molecule has 3 aromatic rings. The molecule has 7 heteroatoms. The molecule has 0 aromatic heterocycles. The van der Waals surface area contributed by atoms with Crippen molar-refractivity contribution in [2.45, 2.75) is 18.7 Å². The Kier molecular flexibility index (Phi) is 4.94. The quantitative estimate of drug-likeness (QED) is 0.521. The van der Waals surface area contributed by atoms with Gasteiger partial charge in [-0.15, -0.1) is 0 Å². The summed E-state index contributed by atoms with van der Waals surface area (Å²) in [5.41, 5.74) is 3.53. The van der Waals surface area contributed by atoms with Crippen LogP contribution < -0.4 is 14.2 Å². The van der Waals surface area contributed by atoms with E-state index in [1.54, 1.807) is 26.4 Å². The van der Waals surface area contributed by atoms with Gasteiger partial charge in [-0.2, -0.15) is 5.10 Å². The van der Waals surface area contributed by atoms with E-state index >= 15 is 0 Å². The van der Waals surface area contributed by atoms with Gasteiger partial charge in [-0.05, 0) is 36.4 Å². The maximum atomic E-state index is 14.2. The second kappa shape index (κ2) is 7.78. The van der Waals surface area contributed by atoms with Crippen LogP contribution in [0.2, 0.25) is 5.02 Å². The highest BCUT2D eigenvalue weighted by atomic mass is 35.5. The number of fused-ring (bicyclic) bond motifs is 3. The van der Waals surface area contributed by atoms with Gasteiger partial charge in [0.1, 0.15) is 11.6 Å². The van der Waals surface area contributed by atoms with E-state index in [-0.39, 0.29) is 11.1 Å². The van der Waals surface area contributed by atoms with E-state index in [4.69, 9.17) is 30.9 Å². The van der Waals surface area contributed by atoms with Gasteiger partial charge in [-0.3, -0.25) is 0 Å². The molecule has 31 heavy (non-hydrogen) atoms. The van der Waals surface area contributed by atoms with Crippen molar-refractivity contribution < 1.29 is 18.6 Å². The molecule has 3 aromatic carbocycles. The van der Waals surface area contributed by atoms with Crippen LogP contribution in [0.3, 0.4) is 0 Å². The minimum absolute atomic E-state index is 0.0308. The molecule has 2 heterocycles. The molecule has 158 valence electrons. The molecule has 0 radical (unpaired) electrons. The highest BCUT2D eigenvalue weighted by Crippen LogP contribution is 2.47. The summed E-state index contributed by atoms with van der Waals surface area (Å²) in [5.74, 6) is 1.58. The number of benzene rings is 3. The summed E-state index contributed by atoms with van der Waals surface area (Å²) in [6.45, 7) is 0. The lowest BCUT2D eigenvalue weighted by Gasteiger charge is -2.38. The van der Waals surface area contributed by atoms with Gasteiger partial charge in [0, 0.05) is 23.1 Å². The first-order valence-electron chi connectivity index (χ1n) is 9.88. The number of nitrogens with zero attached hydrogens (tertiary/aromatic N) is 2. The van der Waals surface area contributed by atoms with E-state index in [1.807, 2.05) is 47.5 Å². The van der Waals surface area contributed by atoms with Crippen LogP contribution in [0.25, 0.3) is 0 Å². The van der Waals surface area contributed by atoms with Crippen molar-refractivity contribution in [3.63, 3.8) is 0 Å². The van der Waals surface area contributed by atoms with Crippen molar-refractivity contribution in [2.75, 3.05) is 14.2 Å². The molecule has 5 nitrogen and oxygen atoms in total. The number of rotatable bonds is 4. The third kappa shape index (κ3) is 3.37. The Bertz CT molecular complexity index is 1180. The second-order valence-electron chi connectivity index (χ2n) is 7.40.